The van der Waals surface area contributed by atoms with E-state index in [1.165, 1.54) is 18.4 Å². The van der Waals surface area contributed by atoms with Crippen LogP contribution in [0.5, 0.6) is 0 Å². The first-order valence-corrected chi connectivity index (χ1v) is 3.94. The van der Waals surface area contributed by atoms with Crippen LogP contribution in [0.2, 0.25) is 0 Å². The molecule has 0 N–H and O–H groups in total. The first-order valence-electron chi connectivity index (χ1n) is 3.94. The van der Waals surface area contributed by atoms with E-state index < -0.39 is 0 Å². The maximum Gasteiger partial charge on any atom is 0.124 e. The third-order valence-corrected chi connectivity index (χ3v) is 2.11. The largest absolute Gasteiger partial charge is 0.303 e. The Morgan fingerprint density at radius 3 is 3.10 bits per heavy atom. The standard InChI is InChI=1S/C9H14O/c1-8-2-4-9(5-3-8)6-7-10/h4,7-8H,2-3,5-6H2,1H3/t8-/m0/s1. The average molecular weight is 138 g/mol. The molecule has 10 heavy (non-hydrogen) atoms. The summed E-state index contributed by atoms with van der Waals surface area (Å²) < 4.78 is 0. The molecule has 0 aliphatic heterocycles. The highest BCUT2D eigenvalue weighted by Crippen LogP contribution is 2.23. The quantitative estimate of drug-likeness (QED) is 0.423. The highest BCUT2D eigenvalue weighted by molar-refractivity contribution is 5.54. The van der Waals surface area contributed by atoms with Crippen molar-refractivity contribution in [2.75, 3.05) is 0 Å². The number of allylic oxidation sites excluding steroid dienone is 2. The third kappa shape index (κ3) is 1.98. The minimum Gasteiger partial charge on any atom is -0.303 e. The van der Waals surface area contributed by atoms with Gasteiger partial charge in [0.25, 0.3) is 0 Å². The molecule has 0 saturated heterocycles. The van der Waals surface area contributed by atoms with E-state index in [0.717, 1.165) is 18.6 Å². The fourth-order valence-electron chi connectivity index (χ4n) is 1.31. The van der Waals surface area contributed by atoms with Crippen molar-refractivity contribution in [3.63, 3.8) is 0 Å². The Labute approximate surface area is 62.1 Å². The van der Waals surface area contributed by atoms with Crippen molar-refractivity contribution in [1.82, 2.24) is 0 Å². The molecule has 1 aliphatic rings. The first kappa shape index (κ1) is 7.52. The minimum absolute atomic E-state index is 0.659. The number of hydrogen-bond acceptors (Lipinski definition) is 1. The van der Waals surface area contributed by atoms with Crippen molar-refractivity contribution in [3.8, 4) is 0 Å². The molecule has 1 heteroatoms. The number of carbonyl (C=O) groups is 1. The molecule has 1 rings (SSSR count). The zero-order chi connectivity index (χ0) is 7.40. The number of hydrogen-bond donors (Lipinski definition) is 0. The van der Waals surface area contributed by atoms with Crippen LogP contribution in [0.25, 0.3) is 0 Å². The van der Waals surface area contributed by atoms with Gasteiger partial charge in [-0.15, -0.1) is 0 Å². The average Bonchev–Trinajstić information content (AvgIpc) is 1.95. The van der Waals surface area contributed by atoms with Crippen LogP contribution in [0.3, 0.4) is 0 Å². The van der Waals surface area contributed by atoms with Crippen LogP contribution < -0.4 is 0 Å². The van der Waals surface area contributed by atoms with Crippen molar-refractivity contribution in [1.29, 1.82) is 0 Å². The Kier molecular flexibility index (Phi) is 2.67. The lowest BCUT2D eigenvalue weighted by molar-refractivity contribution is -0.107. The van der Waals surface area contributed by atoms with E-state index in [2.05, 4.69) is 13.0 Å². The van der Waals surface area contributed by atoms with Gasteiger partial charge >= 0.3 is 0 Å². The number of aldehydes is 1. The molecule has 0 aromatic rings. The predicted octanol–water partition coefficient (Wildman–Crippen LogP) is 2.32. The van der Waals surface area contributed by atoms with Crippen molar-refractivity contribution >= 4 is 6.29 Å². The zero-order valence-electron chi connectivity index (χ0n) is 6.47. The summed E-state index contributed by atoms with van der Waals surface area (Å²) in [5.41, 5.74) is 1.34. The Hall–Kier alpha value is -0.590. The molecule has 0 heterocycles. The molecule has 0 amide bonds. The van der Waals surface area contributed by atoms with Gasteiger partial charge in [0.1, 0.15) is 6.29 Å². The summed E-state index contributed by atoms with van der Waals surface area (Å²) in [5, 5.41) is 0. The molecular formula is C9H14O. The molecule has 0 fully saturated rings. The van der Waals surface area contributed by atoms with Gasteiger partial charge < -0.3 is 4.79 Å². The highest BCUT2D eigenvalue weighted by Gasteiger charge is 2.08. The molecular weight excluding hydrogens is 124 g/mol. The van der Waals surface area contributed by atoms with Crippen LogP contribution in [-0.4, -0.2) is 6.29 Å². The lowest BCUT2D eigenvalue weighted by Crippen LogP contribution is -2.01. The molecule has 1 nitrogen and oxygen atoms in total. The van der Waals surface area contributed by atoms with E-state index in [-0.39, 0.29) is 0 Å². The summed E-state index contributed by atoms with van der Waals surface area (Å²) in [6.45, 7) is 2.26. The van der Waals surface area contributed by atoms with E-state index >= 15 is 0 Å². The molecule has 1 aliphatic carbocycles. The third-order valence-electron chi connectivity index (χ3n) is 2.11. The van der Waals surface area contributed by atoms with Gasteiger partial charge in [-0.05, 0) is 25.2 Å². The molecule has 56 valence electrons. The highest BCUT2D eigenvalue weighted by atomic mass is 16.1. The number of rotatable bonds is 2. The monoisotopic (exact) mass is 138 g/mol. The molecule has 0 saturated carbocycles. The Bertz CT molecular complexity index is 147. The fourth-order valence-corrected chi connectivity index (χ4v) is 1.31. The van der Waals surface area contributed by atoms with Crippen LogP contribution in [0.1, 0.15) is 32.6 Å². The first-order chi connectivity index (χ1) is 4.83. The van der Waals surface area contributed by atoms with E-state index in [1.54, 1.807) is 0 Å². The smallest absolute Gasteiger partial charge is 0.124 e. The van der Waals surface area contributed by atoms with Gasteiger partial charge in [-0.25, -0.2) is 0 Å². The Balaban J connectivity index is 2.40. The Morgan fingerprint density at radius 1 is 1.80 bits per heavy atom. The maximum atomic E-state index is 10.1. The molecule has 0 bridgehead atoms. The Morgan fingerprint density at radius 2 is 2.60 bits per heavy atom. The van der Waals surface area contributed by atoms with Gasteiger partial charge in [0.2, 0.25) is 0 Å². The topological polar surface area (TPSA) is 17.1 Å². The van der Waals surface area contributed by atoms with Crippen LogP contribution >= 0.6 is 0 Å². The van der Waals surface area contributed by atoms with Gasteiger partial charge in [0.05, 0.1) is 0 Å². The van der Waals surface area contributed by atoms with Crippen molar-refractivity contribution in [2.45, 2.75) is 32.6 Å². The van der Waals surface area contributed by atoms with Crippen LogP contribution in [0.4, 0.5) is 0 Å². The normalized spacial score (nSPS) is 25.7. The summed E-state index contributed by atoms with van der Waals surface area (Å²) in [6, 6.07) is 0. The predicted molar refractivity (Wildman–Crippen MR) is 41.8 cm³/mol. The molecule has 0 spiro atoms. The zero-order valence-corrected chi connectivity index (χ0v) is 6.47. The van der Waals surface area contributed by atoms with Crippen molar-refractivity contribution in [3.05, 3.63) is 11.6 Å². The SMILES string of the molecule is C[C@H]1CC=C(CC=O)CC1. The second-order valence-electron chi connectivity index (χ2n) is 3.11. The van der Waals surface area contributed by atoms with Gasteiger partial charge in [0.15, 0.2) is 0 Å². The van der Waals surface area contributed by atoms with E-state index in [9.17, 15) is 4.79 Å². The van der Waals surface area contributed by atoms with Crippen molar-refractivity contribution < 1.29 is 4.79 Å². The maximum absolute atomic E-state index is 10.1. The van der Waals surface area contributed by atoms with Crippen LogP contribution in [-0.2, 0) is 4.79 Å². The minimum atomic E-state index is 0.659. The molecule has 0 aromatic heterocycles. The van der Waals surface area contributed by atoms with E-state index in [4.69, 9.17) is 0 Å². The van der Waals surface area contributed by atoms with Gasteiger partial charge in [-0.1, -0.05) is 18.6 Å². The van der Waals surface area contributed by atoms with E-state index in [0.29, 0.717) is 6.42 Å². The molecule has 1 atom stereocenters. The van der Waals surface area contributed by atoms with Crippen LogP contribution in [0.15, 0.2) is 11.6 Å². The van der Waals surface area contributed by atoms with E-state index in [1.807, 2.05) is 0 Å². The second-order valence-corrected chi connectivity index (χ2v) is 3.11. The summed E-state index contributed by atoms with van der Waals surface area (Å²) in [7, 11) is 0. The summed E-state index contributed by atoms with van der Waals surface area (Å²) >= 11 is 0. The van der Waals surface area contributed by atoms with Gasteiger partial charge in [-0.3, -0.25) is 0 Å². The van der Waals surface area contributed by atoms with Gasteiger partial charge in [0, 0.05) is 6.42 Å². The van der Waals surface area contributed by atoms with Gasteiger partial charge in [-0.2, -0.15) is 0 Å². The molecule has 0 aromatic carbocycles. The summed E-state index contributed by atoms with van der Waals surface area (Å²) in [4.78, 5) is 10.1. The number of carbonyl (C=O) groups excluding carboxylic acids is 1. The summed E-state index contributed by atoms with van der Waals surface area (Å²) in [5.74, 6) is 0.829. The molecule has 0 unspecified atom stereocenters. The van der Waals surface area contributed by atoms with Crippen LogP contribution in [0, 0.1) is 5.92 Å². The lowest BCUT2D eigenvalue weighted by Gasteiger charge is -2.16. The lowest BCUT2D eigenvalue weighted by atomic mass is 9.90. The van der Waals surface area contributed by atoms with Crippen molar-refractivity contribution in [2.24, 2.45) is 5.92 Å². The second kappa shape index (κ2) is 3.55. The summed E-state index contributed by atoms with van der Waals surface area (Å²) in [6.07, 6.45) is 7.46. The molecule has 0 radical (unpaired) electrons. The fraction of sp³-hybridized carbons (Fsp3) is 0.667.